The summed E-state index contributed by atoms with van der Waals surface area (Å²) in [6, 6.07) is 6.20. The van der Waals surface area contributed by atoms with Crippen LogP contribution in [0.15, 0.2) is 30.3 Å². The van der Waals surface area contributed by atoms with Crippen LogP contribution in [0.5, 0.6) is 0 Å². The molecule has 1 aromatic heterocycles. The number of aliphatic hydroxyl groups is 2. The highest BCUT2D eigenvalue weighted by molar-refractivity contribution is 5.80. The van der Waals surface area contributed by atoms with E-state index in [1.54, 1.807) is 25.3 Å². The summed E-state index contributed by atoms with van der Waals surface area (Å²) in [6.45, 7) is 8.46. The normalized spacial score (nSPS) is 13.8. The molecular formula is C26H33FNO5-. The van der Waals surface area contributed by atoms with Gasteiger partial charge in [0.25, 0.3) is 0 Å². The third-order valence-electron chi connectivity index (χ3n) is 5.31. The van der Waals surface area contributed by atoms with Gasteiger partial charge in [-0.1, -0.05) is 52.0 Å². The average Bonchev–Trinajstić information content (AvgIpc) is 2.72. The van der Waals surface area contributed by atoms with E-state index in [2.05, 4.69) is 13.8 Å². The summed E-state index contributed by atoms with van der Waals surface area (Å²) in [5.41, 5.74) is 4.99. The van der Waals surface area contributed by atoms with E-state index in [-0.39, 0.29) is 24.1 Å². The lowest BCUT2D eigenvalue weighted by molar-refractivity contribution is -0.307. The van der Waals surface area contributed by atoms with Crippen molar-refractivity contribution in [2.45, 2.75) is 71.2 Å². The number of benzene rings is 1. The van der Waals surface area contributed by atoms with Crippen molar-refractivity contribution in [1.29, 1.82) is 0 Å². The number of carboxylic acids is 1. The fourth-order valence-corrected chi connectivity index (χ4v) is 3.84. The van der Waals surface area contributed by atoms with Gasteiger partial charge in [0.1, 0.15) is 5.82 Å². The molecule has 0 aliphatic heterocycles. The molecule has 6 nitrogen and oxygen atoms in total. The predicted octanol–water partition coefficient (Wildman–Crippen LogP) is 3.55. The van der Waals surface area contributed by atoms with Crippen molar-refractivity contribution in [2.24, 2.45) is 0 Å². The van der Waals surface area contributed by atoms with Crippen LogP contribution in [-0.4, -0.2) is 40.5 Å². The first-order valence-electron chi connectivity index (χ1n) is 11.1. The lowest BCUT2D eigenvalue weighted by Gasteiger charge is -2.23. The van der Waals surface area contributed by atoms with Crippen molar-refractivity contribution in [1.82, 2.24) is 4.98 Å². The Bertz CT molecular complexity index is 970. The zero-order chi connectivity index (χ0) is 24.7. The van der Waals surface area contributed by atoms with Crippen LogP contribution in [-0.2, 0) is 16.1 Å². The smallest absolute Gasteiger partial charge is 0.123 e. The molecule has 1 aromatic carbocycles. The lowest BCUT2D eigenvalue weighted by Crippen LogP contribution is -2.29. The molecule has 0 saturated heterocycles. The molecule has 0 fully saturated rings. The van der Waals surface area contributed by atoms with Crippen LogP contribution in [0.25, 0.3) is 17.2 Å². The summed E-state index contributed by atoms with van der Waals surface area (Å²) in [5.74, 6) is -1.55. The molecule has 2 aromatic rings. The second-order valence-corrected chi connectivity index (χ2v) is 8.79. The zero-order valence-corrected chi connectivity index (χ0v) is 19.8. The maximum absolute atomic E-state index is 13.7. The third kappa shape index (κ3) is 7.19. The van der Waals surface area contributed by atoms with Gasteiger partial charge in [-0.15, -0.1) is 0 Å². The van der Waals surface area contributed by atoms with Crippen molar-refractivity contribution in [3.63, 3.8) is 0 Å². The van der Waals surface area contributed by atoms with Crippen LogP contribution in [0, 0.1) is 5.82 Å². The van der Waals surface area contributed by atoms with Gasteiger partial charge >= 0.3 is 0 Å². The Kier molecular flexibility index (Phi) is 9.70. The van der Waals surface area contributed by atoms with E-state index in [0.717, 1.165) is 33.6 Å². The molecular weight excluding hydrogens is 425 g/mol. The van der Waals surface area contributed by atoms with Crippen LogP contribution < -0.4 is 5.11 Å². The molecule has 0 bridgehead atoms. The van der Waals surface area contributed by atoms with Crippen LogP contribution in [0.1, 0.15) is 74.9 Å². The highest BCUT2D eigenvalue weighted by Gasteiger charge is 2.23. The minimum Gasteiger partial charge on any atom is -0.550 e. The number of methoxy groups -OCH3 is 1. The number of aliphatic carboxylic acids is 1. The molecule has 7 heteroatoms. The number of aliphatic hydroxyl groups excluding tert-OH is 2. The molecule has 2 unspecified atom stereocenters. The van der Waals surface area contributed by atoms with Crippen LogP contribution in [0.2, 0.25) is 0 Å². The number of carboxylic acid groups (broad SMARTS) is 1. The van der Waals surface area contributed by atoms with Crippen molar-refractivity contribution in [3.05, 3.63) is 58.7 Å². The topological polar surface area (TPSA) is 103 Å². The van der Waals surface area contributed by atoms with Gasteiger partial charge in [0.2, 0.25) is 0 Å². The van der Waals surface area contributed by atoms with E-state index >= 15 is 0 Å². The monoisotopic (exact) mass is 458 g/mol. The van der Waals surface area contributed by atoms with E-state index in [4.69, 9.17) is 9.72 Å². The Morgan fingerprint density at radius 2 is 1.73 bits per heavy atom. The Balaban J connectivity index is 2.69. The second-order valence-electron chi connectivity index (χ2n) is 8.79. The summed E-state index contributed by atoms with van der Waals surface area (Å²) in [4.78, 5) is 15.6. The first-order chi connectivity index (χ1) is 15.5. The van der Waals surface area contributed by atoms with Gasteiger partial charge < -0.3 is 24.9 Å². The minimum atomic E-state index is -1.38. The predicted molar refractivity (Wildman–Crippen MR) is 124 cm³/mol. The van der Waals surface area contributed by atoms with E-state index in [1.165, 1.54) is 18.2 Å². The molecule has 0 amide bonds. The van der Waals surface area contributed by atoms with Crippen molar-refractivity contribution in [3.8, 4) is 11.1 Å². The molecule has 2 N–H and O–H groups in total. The lowest BCUT2D eigenvalue weighted by atomic mass is 9.87. The largest absolute Gasteiger partial charge is 0.550 e. The van der Waals surface area contributed by atoms with Crippen LogP contribution in [0.3, 0.4) is 0 Å². The number of rotatable bonds is 11. The molecule has 0 spiro atoms. The summed E-state index contributed by atoms with van der Waals surface area (Å²) in [7, 11) is 1.60. The van der Waals surface area contributed by atoms with Crippen molar-refractivity contribution in [2.75, 3.05) is 7.11 Å². The van der Waals surface area contributed by atoms with E-state index in [9.17, 15) is 24.5 Å². The number of hydrogen-bond donors (Lipinski definition) is 2. The van der Waals surface area contributed by atoms with Gasteiger partial charge in [0.15, 0.2) is 0 Å². The Morgan fingerprint density at radius 1 is 1.12 bits per heavy atom. The number of ether oxygens (including phenoxy) is 1. The highest BCUT2D eigenvalue weighted by Crippen LogP contribution is 2.37. The fourth-order valence-electron chi connectivity index (χ4n) is 3.84. The summed E-state index contributed by atoms with van der Waals surface area (Å²) in [6.07, 6.45) is 0.264. The van der Waals surface area contributed by atoms with Gasteiger partial charge in [-0.05, 0) is 35.1 Å². The number of carbonyl (C=O) groups excluding carboxylic acids is 1. The molecule has 180 valence electrons. The standard InChI is InChI=1S/C26H34FNO5/c1-15(2)25-21(11-10-19(29)12-20(30)13-23(31)32)24(17-6-8-18(27)9-7-17)22(14-33-5)26(28-25)16(3)4/h6-11,15-16,19-20,29-30H,12-14H2,1-5H3,(H,31,32)/p-1/b11-10+. The minimum absolute atomic E-state index is 0.0544. The molecule has 33 heavy (non-hydrogen) atoms. The number of aromatic nitrogens is 1. The number of hydrogen-bond acceptors (Lipinski definition) is 6. The first-order valence-corrected chi connectivity index (χ1v) is 11.1. The van der Waals surface area contributed by atoms with Gasteiger partial charge in [0.05, 0.1) is 24.5 Å². The Hall–Kier alpha value is -2.61. The van der Waals surface area contributed by atoms with Crippen LogP contribution in [0.4, 0.5) is 4.39 Å². The molecule has 0 aliphatic carbocycles. The molecule has 2 rings (SSSR count). The van der Waals surface area contributed by atoms with Crippen molar-refractivity contribution >= 4 is 12.0 Å². The van der Waals surface area contributed by atoms with Crippen molar-refractivity contribution < 1.29 is 29.2 Å². The fraction of sp³-hybridized carbons (Fsp3) is 0.462. The SMILES string of the molecule is COCc1c(C(C)C)nc(C(C)C)c(/C=C/C(O)CC(O)CC(=O)[O-])c1-c1ccc(F)cc1. The molecule has 0 aliphatic rings. The van der Waals surface area contributed by atoms with Gasteiger partial charge in [-0.3, -0.25) is 4.98 Å². The molecule has 0 saturated carbocycles. The maximum Gasteiger partial charge on any atom is 0.123 e. The molecule has 1 heterocycles. The first kappa shape index (κ1) is 26.6. The number of pyridine rings is 1. The van der Waals surface area contributed by atoms with Gasteiger partial charge in [-0.25, -0.2) is 4.39 Å². The van der Waals surface area contributed by atoms with Crippen LogP contribution >= 0.6 is 0 Å². The zero-order valence-electron chi connectivity index (χ0n) is 19.8. The number of nitrogens with zero attached hydrogens (tertiary/aromatic N) is 1. The number of carbonyl (C=O) groups is 1. The third-order valence-corrected chi connectivity index (χ3v) is 5.31. The average molecular weight is 459 g/mol. The van der Waals surface area contributed by atoms with Gasteiger partial charge in [0, 0.05) is 42.7 Å². The van der Waals surface area contributed by atoms with E-state index < -0.39 is 24.6 Å². The highest BCUT2D eigenvalue weighted by atomic mass is 19.1. The van der Waals surface area contributed by atoms with E-state index in [1.807, 2.05) is 13.8 Å². The van der Waals surface area contributed by atoms with E-state index in [0.29, 0.717) is 6.61 Å². The number of halogens is 1. The summed E-state index contributed by atoms with van der Waals surface area (Å²) >= 11 is 0. The molecule has 0 radical (unpaired) electrons. The second kappa shape index (κ2) is 12.0. The van der Waals surface area contributed by atoms with Gasteiger partial charge in [-0.2, -0.15) is 0 Å². The Morgan fingerprint density at radius 3 is 2.24 bits per heavy atom. The quantitative estimate of drug-likeness (QED) is 0.534. The summed E-state index contributed by atoms with van der Waals surface area (Å²) < 4.78 is 19.2. The Labute approximate surface area is 194 Å². The summed E-state index contributed by atoms with van der Waals surface area (Å²) in [5, 5.41) is 30.9. The maximum atomic E-state index is 13.7. The molecule has 2 atom stereocenters.